The molecule has 2 N–H and O–H groups in total. The highest BCUT2D eigenvalue weighted by Crippen LogP contribution is 2.53. The summed E-state index contributed by atoms with van der Waals surface area (Å²) in [4.78, 5) is 12.2. The molecule has 0 bridgehead atoms. The first-order chi connectivity index (χ1) is 10.5. The SMILES string of the molecule is COc1ccc(C)c(C23CCNC(C)C2CCC(=O)C3)c1O. The second-order valence-electron chi connectivity index (χ2n) is 6.82. The highest BCUT2D eigenvalue weighted by atomic mass is 16.5. The first-order valence-corrected chi connectivity index (χ1v) is 8.11. The highest BCUT2D eigenvalue weighted by Gasteiger charge is 2.50. The van der Waals surface area contributed by atoms with Crippen molar-refractivity contribution in [2.45, 2.75) is 51.0 Å². The molecule has 120 valence electrons. The van der Waals surface area contributed by atoms with Gasteiger partial charge in [-0.25, -0.2) is 0 Å². The minimum absolute atomic E-state index is 0.219. The van der Waals surface area contributed by atoms with Gasteiger partial charge in [-0.15, -0.1) is 0 Å². The van der Waals surface area contributed by atoms with Crippen molar-refractivity contribution >= 4 is 5.78 Å². The van der Waals surface area contributed by atoms with Crippen LogP contribution in [0.15, 0.2) is 12.1 Å². The van der Waals surface area contributed by atoms with Gasteiger partial charge in [-0.2, -0.15) is 0 Å². The lowest BCUT2D eigenvalue weighted by Gasteiger charge is -2.51. The summed E-state index contributed by atoms with van der Waals surface area (Å²) in [6.45, 7) is 5.09. The number of carbonyl (C=O) groups is 1. The Morgan fingerprint density at radius 3 is 2.91 bits per heavy atom. The Kier molecular flexibility index (Phi) is 3.89. The summed E-state index contributed by atoms with van der Waals surface area (Å²) in [5.41, 5.74) is 1.72. The van der Waals surface area contributed by atoms with Crippen LogP contribution < -0.4 is 10.1 Å². The van der Waals surface area contributed by atoms with Crippen LogP contribution in [0.5, 0.6) is 11.5 Å². The molecule has 4 nitrogen and oxygen atoms in total. The molecule has 3 atom stereocenters. The van der Waals surface area contributed by atoms with Crippen molar-refractivity contribution in [3.63, 3.8) is 0 Å². The lowest BCUT2D eigenvalue weighted by Crippen LogP contribution is -2.56. The number of phenols is 1. The van der Waals surface area contributed by atoms with E-state index in [1.807, 2.05) is 13.0 Å². The molecule has 4 heteroatoms. The number of phenolic OH excluding ortho intramolecular Hbond substituents is 1. The van der Waals surface area contributed by atoms with Gasteiger partial charge < -0.3 is 15.2 Å². The number of hydrogen-bond donors (Lipinski definition) is 2. The van der Waals surface area contributed by atoms with Crippen molar-refractivity contribution in [2.75, 3.05) is 13.7 Å². The maximum Gasteiger partial charge on any atom is 0.161 e. The van der Waals surface area contributed by atoms with Gasteiger partial charge in [0.2, 0.25) is 0 Å². The van der Waals surface area contributed by atoms with Crippen LogP contribution in [0.3, 0.4) is 0 Å². The van der Waals surface area contributed by atoms with Crippen molar-refractivity contribution in [1.29, 1.82) is 0 Å². The van der Waals surface area contributed by atoms with Gasteiger partial charge in [-0.3, -0.25) is 4.79 Å². The van der Waals surface area contributed by atoms with Crippen LogP contribution >= 0.6 is 0 Å². The van der Waals surface area contributed by atoms with E-state index >= 15 is 0 Å². The number of methoxy groups -OCH3 is 1. The number of hydrogen-bond acceptors (Lipinski definition) is 4. The Bertz CT molecular complexity index is 598. The quantitative estimate of drug-likeness (QED) is 0.882. The molecular weight excluding hydrogens is 278 g/mol. The second kappa shape index (κ2) is 5.58. The van der Waals surface area contributed by atoms with Gasteiger partial charge in [0, 0.05) is 29.9 Å². The summed E-state index contributed by atoms with van der Waals surface area (Å²) in [6, 6.07) is 4.15. The summed E-state index contributed by atoms with van der Waals surface area (Å²) in [5.74, 6) is 1.40. The number of ketones is 1. The van der Waals surface area contributed by atoms with Crippen LogP contribution in [0.4, 0.5) is 0 Å². The van der Waals surface area contributed by atoms with Crippen molar-refractivity contribution < 1.29 is 14.6 Å². The Labute approximate surface area is 131 Å². The Morgan fingerprint density at radius 2 is 2.18 bits per heavy atom. The zero-order valence-electron chi connectivity index (χ0n) is 13.6. The van der Waals surface area contributed by atoms with Crippen molar-refractivity contribution in [3.8, 4) is 11.5 Å². The van der Waals surface area contributed by atoms with Gasteiger partial charge in [-0.1, -0.05) is 6.07 Å². The number of carbonyl (C=O) groups excluding carboxylic acids is 1. The van der Waals surface area contributed by atoms with Crippen molar-refractivity contribution in [3.05, 3.63) is 23.3 Å². The summed E-state index contributed by atoms with van der Waals surface area (Å²) >= 11 is 0. The van der Waals surface area contributed by atoms with Crippen molar-refractivity contribution in [2.24, 2.45) is 5.92 Å². The molecule has 1 aromatic rings. The molecule has 0 radical (unpaired) electrons. The summed E-state index contributed by atoms with van der Waals surface area (Å²) < 4.78 is 5.31. The molecule has 3 rings (SSSR count). The third kappa shape index (κ3) is 2.21. The first kappa shape index (κ1) is 15.3. The molecule has 3 unspecified atom stereocenters. The molecule has 22 heavy (non-hydrogen) atoms. The molecular formula is C18H25NO3. The molecule has 0 aromatic heterocycles. The van der Waals surface area contributed by atoms with Crippen LogP contribution in [0.25, 0.3) is 0 Å². The number of rotatable bonds is 2. The topological polar surface area (TPSA) is 58.6 Å². The molecule has 0 spiro atoms. The van der Waals surface area contributed by atoms with Gasteiger partial charge >= 0.3 is 0 Å². The molecule has 1 heterocycles. The van der Waals surface area contributed by atoms with Crippen molar-refractivity contribution in [1.82, 2.24) is 5.32 Å². The number of aryl methyl sites for hydroxylation is 1. The molecule has 1 aromatic carbocycles. The van der Waals surface area contributed by atoms with Gasteiger partial charge in [0.25, 0.3) is 0 Å². The Hall–Kier alpha value is -1.55. The normalized spacial score (nSPS) is 31.7. The molecule has 1 aliphatic heterocycles. The van der Waals surface area contributed by atoms with E-state index in [9.17, 15) is 9.90 Å². The zero-order valence-corrected chi connectivity index (χ0v) is 13.6. The van der Waals surface area contributed by atoms with Crippen LogP contribution in [0.1, 0.15) is 43.7 Å². The zero-order chi connectivity index (χ0) is 15.9. The molecule has 2 fully saturated rings. The number of ether oxygens (including phenoxy) is 1. The largest absolute Gasteiger partial charge is 0.504 e. The van der Waals surface area contributed by atoms with E-state index in [-0.39, 0.29) is 11.2 Å². The number of fused-ring (bicyclic) bond motifs is 1. The monoisotopic (exact) mass is 303 g/mol. The third-order valence-corrected chi connectivity index (χ3v) is 5.66. The van der Waals surface area contributed by atoms with E-state index in [4.69, 9.17) is 4.74 Å². The lowest BCUT2D eigenvalue weighted by atomic mass is 9.56. The molecule has 1 saturated heterocycles. The van der Waals surface area contributed by atoms with Crippen LogP contribution in [0.2, 0.25) is 0 Å². The number of nitrogens with one attached hydrogen (secondary N) is 1. The fraction of sp³-hybridized carbons (Fsp3) is 0.611. The van der Waals surface area contributed by atoms with E-state index < -0.39 is 0 Å². The number of piperidine rings is 1. The van der Waals surface area contributed by atoms with Gasteiger partial charge in [0.15, 0.2) is 11.5 Å². The maximum atomic E-state index is 12.2. The summed E-state index contributed by atoms with van der Waals surface area (Å²) in [5, 5.41) is 14.3. The summed E-state index contributed by atoms with van der Waals surface area (Å²) in [6.07, 6.45) is 2.96. The minimum Gasteiger partial charge on any atom is -0.504 e. The predicted octanol–water partition coefficient (Wildman–Crippen LogP) is 2.70. The standard InChI is InChI=1S/C18H25NO3/c1-11-4-7-15(22-3)17(21)16(11)18-8-9-19-12(2)14(18)6-5-13(20)10-18/h4,7,12,14,19,21H,5-6,8-10H2,1-3H3. The average molecular weight is 303 g/mol. The highest BCUT2D eigenvalue weighted by molar-refractivity contribution is 5.82. The average Bonchev–Trinajstić information content (AvgIpc) is 2.47. The van der Waals surface area contributed by atoms with Gasteiger partial charge in [0.1, 0.15) is 5.78 Å². The molecule has 1 saturated carbocycles. The van der Waals surface area contributed by atoms with E-state index in [1.54, 1.807) is 13.2 Å². The van der Waals surface area contributed by atoms with Crippen LogP contribution in [0, 0.1) is 12.8 Å². The second-order valence-corrected chi connectivity index (χ2v) is 6.82. The van der Waals surface area contributed by atoms with Crippen LogP contribution in [-0.4, -0.2) is 30.6 Å². The third-order valence-electron chi connectivity index (χ3n) is 5.66. The Morgan fingerprint density at radius 1 is 1.41 bits per heavy atom. The predicted molar refractivity (Wildman–Crippen MR) is 85.5 cm³/mol. The Balaban J connectivity index is 2.19. The number of aromatic hydroxyl groups is 1. The summed E-state index contributed by atoms with van der Waals surface area (Å²) in [7, 11) is 1.57. The van der Waals surface area contributed by atoms with E-state index in [1.165, 1.54) is 0 Å². The van der Waals surface area contributed by atoms with E-state index in [2.05, 4.69) is 12.2 Å². The molecule has 1 aliphatic carbocycles. The number of benzene rings is 1. The molecule has 0 amide bonds. The van der Waals surface area contributed by atoms with E-state index in [0.717, 1.165) is 30.5 Å². The fourth-order valence-corrected chi connectivity index (χ4v) is 4.70. The maximum absolute atomic E-state index is 12.2. The smallest absolute Gasteiger partial charge is 0.161 e. The van der Waals surface area contributed by atoms with Gasteiger partial charge in [-0.05, 0) is 50.8 Å². The minimum atomic E-state index is -0.261. The fourth-order valence-electron chi connectivity index (χ4n) is 4.70. The molecule has 2 aliphatic rings. The van der Waals surface area contributed by atoms with Gasteiger partial charge in [0.05, 0.1) is 7.11 Å². The lowest BCUT2D eigenvalue weighted by molar-refractivity contribution is -0.124. The van der Waals surface area contributed by atoms with E-state index in [0.29, 0.717) is 36.3 Å². The van der Waals surface area contributed by atoms with Crippen LogP contribution in [-0.2, 0) is 10.2 Å². The number of Topliss-reactive ketones (excluding diaryl/α,β-unsaturated/α-hetero) is 1. The first-order valence-electron chi connectivity index (χ1n) is 8.11.